The van der Waals surface area contributed by atoms with Crippen molar-refractivity contribution in [2.75, 3.05) is 5.32 Å². The number of benzene rings is 1. The van der Waals surface area contributed by atoms with Crippen LogP contribution in [0.15, 0.2) is 18.2 Å². The first-order valence-corrected chi connectivity index (χ1v) is 7.30. The second-order valence-corrected chi connectivity index (χ2v) is 5.52. The average Bonchev–Trinajstić information content (AvgIpc) is 2.90. The van der Waals surface area contributed by atoms with Gasteiger partial charge in [-0.25, -0.2) is 5.43 Å². The van der Waals surface area contributed by atoms with Crippen LogP contribution in [0, 0.1) is 0 Å². The van der Waals surface area contributed by atoms with Crippen LogP contribution in [0.3, 0.4) is 0 Å². The smallest absolute Gasteiger partial charge is 0.250 e. The minimum absolute atomic E-state index is 0.154. The van der Waals surface area contributed by atoms with Gasteiger partial charge in [-0.05, 0) is 31.0 Å². The minimum atomic E-state index is -0.625. The fourth-order valence-electron chi connectivity index (χ4n) is 2.35. The first-order valence-electron chi connectivity index (χ1n) is 6.92. The first-order chi connectivity index (χ1) is 10.0. The highest BCUT2D eigenvalue weighted by atomic mass is 35.5. The molecule has 114 valence electrons. The van der Waals surface area contributed by atoms with Gasteiger partial charge in [0.25, 0.3) is 0 Å². The fourth-order valence-corrected chi connectivity index (χ4v) is 2.56. The molecule has 0 aromatic heterocycles. The Kier molecular flexibility index (Phi) is 5.17. The summed E-state index contributed by atoms with van der Waals surface area (Å²) in [5.41, 5.74) is 12.0. The lowest BCUT2D eigenvalue weighted by atomic mass is 10.1. The van der Waals surface area contributed by atoms with Crippen molar-refractivity contribution >= 4 is 29.1 Å². The van der Waals surface area contributed by atoms with E-state index >= 15 is 0 Å². The van der Waals surface area contributed by atoms with Crippen LogP contribution in [-0.4, -0.2) is 23.9 Å². The van der Waals surface area contributed by atoms with E-state index in [1.807, 2.05) is 0 Å². The van der Waals surface area contributed by atoms with E-state index in [4.69, 9.17) is 17.3 Å². The van der Waals surface area contributed by atoms with Gasteiger partial charge in [-0.1, -0.05) is 24.9 Å². The first kappa shape index (κ1) is 15.8. The maximum Gasteiger partial charge on any atom is 0.250 e. The van der Waals surface area contributed by atoms with Gasteiger partial charge >= 0.3 is 0 Å². The number of hydrazine groups is 1. The molecular weight excluding hydrogens is 292 g/mol. The monoisotopic (exact) mass is 310 g/mol. The molecule has 1 aliphatic heterocycles. The molecule has 5 N–H and O–H groups in total. The van der Waals surface area contributed by atoms with E-state index in [0.29, 0.717) is 11.7 Å². The quantitative estimate of drug-likeness (QED) is 0.661. The number of rotatable bonds is 5. The second kappa shape index (κ2) is 6.89. The van der Waals surface area contributed by atoms with Crippen LogP contribution in [0.1, 0.15) is 36.5 Å². The molecule has 0 spiro atoms. The van der Waals surface area contributed by atoms with Crippen LogP contribution in [0.2, 0.25) is 5.02 Å². The molecule has 2 unspecified atom stereocenters. The third kappa shape index (κ3) is 3.93. The summed E-state index contributed by atoms with van der Waals surface area (Å²) in [4.78, 5) is 23.4. The number of carbonyl (C=O) groups is 2. The van der Waals surface area contributed by atoms with Crippen molar-refractivity contribution < 1.29 is 9.59 Å². The highest BCUT2D eigenvalue weighted by Crippen LogP contribution is 2.21. The predicted octanol–water partition coefficient (Wildman–Crippen LogP) is 1.41. The average molecular weight is 311 g/mol. The SMILES string of the molecule is CCCC1CC(C(=O)Nc2ccc(Cl)c(C(N)=O)c2)NN1. The van der Waals surface area contributed by atoms with E-state index in [1.54, 1.807) is 6.07 Å². The summed E-state index contributed by atoms with van der Waals surface area (Å²) < 4.78 is 0. The lowest BCUT2D eigenvalue weighted by Gasteiger charge is -2.11. The van der Waals surface area contributed by atoms with Crippen molar-refractivity contribution in [1.29, 1.82) is 0 Å². The summed E-state index contributed by atoms with van der Waals surface area (Å²) in [5, 5.41) is 3.03. The summed E-state index contributed by atoms with van der Waals surface area (Å²) in [6.07, 6.45) is 2.81. The van der Waals surface area contributed by atoms with Gasteiger partial charge in [0.1, 0.15) is 6.04 Å². The summed E-state index contributed by atoms with van der Waals surface area (Å²) in [5.74, 6) is -0.779. The van der Waals surface area contributed by atoms with Crippen molar-refractivity contribution in [2.45, 2.75) is 38.3 Å². The molecule has 7 heteroatoms. The minimum Gasteiger partial charge on any atom is -0.366 e. The van der Waals surface area contributed by atoms with Crippen LogP contribution >= 0.6 is 11.6 Å². The van der Waals surface area contributed by atoms with Crippen LogP contribution in [0.25, 0.3) is 0 Å². The Morgan fingerprint density at radius 1 is 1.43 bits per heavy atom. The van der Waals surface area contributed by atoms with Gasteiger partial charge in [0.05, 0.1) is 10.6 Å². The number of halogens is 1. The number of carbonyl (C=O) groups excluding carboxylic acids is 2. The Balaban J connectivity index is 2.00. The van der Waals surface area contributed by atoms with Crippen molar-refractivity contribution in [3.8, 4) is 0 Å². The standard InChI is InChI=1S/C14H19ClN4O2/c1-2-3-9-7-12(19-18-9)14(21)17-8-4-5-11(15)10(6-8)13(16)20/h4-6,9,12,18-19H,2-3,7H2,1H3,(H2,16,20)(H,17,21). The Bertz CT molecular complexity index is 550. The van der Waals surface area contributed by atoms with Gasteiger partial charge < -0.3 is 11.1 Å². The van der Waals surface area contributed by atoms with Gasteiger partial charge in [0.2, 0.25) is 11.8 Å². The summed E-state index contributed by atoms with van der Waals surface area (Å²) in [6.45, 7) is 2.11. The van der Waals surface area contributed by atoms with Gasteiger partial charge in [-0.2, -0.15) is 0 Å². The molecule has 0 saturated carbocycles. The van der Waals surface area contributed by atoms with E-state index in [2.05, 4.69) is 23.1 Å². The maximum absolute atomic E-state index is 12.2. The Morgan fingerprint density at radius 2 is 2.19 bits per heavy atom. The molecule has 1 aromatic carbocycles. The highest BCUT2D eigenvalue weighted by Gasteiger charge is 2.28. The van der Waals surface area contributed by atoms with Crippen molar-refractivity contribution in [1.82, 2.24) is 10.9 Å². The number of hydrogen-bond acceptors (Lipinski definition) is 4. The zero-order valence-electron chi connectivity index (χ0n) is 11.8. The highest BCUT2D eigenvalue weighted by molar-refractivity contribution is 6.34. The van der Waals surface area contributed by atoms with Gasteiger partial charge in [-0.15, -0.1) is 0 Å². The number of nitrogens with two attached hydrogens (primary N) is 1. The summed E-state index contributed by atoms with van der Waals surface area (Å²) >= 11 is 5.87. The molecular formula is C14H19ClN4O2. The van der Waals surface area contributed by atoms with Gasteiger partial charge in [0, 0.05) is 11.7 Å². The lowest BCUT2D eigenvalue weighted by Crippen LogP contribution is -2.40. The van der Waals surface area contributed by atoms with E-state index in [-0.39, 0.29) is 22.5 Å². The maximum atomic E-state index is 12.2. The van der Waals surface area contributed by atoms with Crippen molar-refractivity contribution in [3.05, 3.63) is 28.8 Å². The summed E-state index contributed by atoms with van der Waals surface area (Å²) in [7, 11) is 0. The number of primary amides is 1. The van der Waals surface area contributed by atoms with Gasteiger partial charge in [0.15, 0.2) is 0 Å². The normalized spacial score (nSPS) is 21.2. The topological polar surface area (TPSA) is 96.2 Å². The number of nitrogens with one attached hydrogen (secondary N) is 3. The van der Waals surface area contributed by atoms with Crippen molar-refractivity contribution in [3.63, 3.8) is 0 Å². The van der Waals surface area contributed by atoms with E-state index < -0.39 is 5.91 Å². The van der Waals surface area contributed by atoms with E-state index in [0.717, 1.165) is 19.3 Å². The third-order valence-corrected chi connectivity index (χ3v) is 3.76. The second-order valence-electron chi connectivity index (χ2n) is 5.11. The van der Waals surface area contributed by atoms with E-state index in [9.17, 15) is 9.59 Å². The zero-order valence-corrected chi connectivity index (χ0v) is 12.5. The summed E-state index contributed by atoms with van der Waals surface area (Å²) in [6, 6.07) is 4.66. The molecule has 2 atom stereocenters. The molecule has 0 aliphatic carbocycles. The van der Waals surface area contributed by atoms with Gasteiger partial charge in [-0.3, -0.25) is 15.0 Å². The Hall–Kier alpha value is -1.63. The molecule has 1 heterocycles. The number of hydrogen-bond donors (Lipinski definition) is 4. The van der Waals surface area contributed by atoms with Crippen LogP contribution in [-0.2, 0) is 4.79 Å². The zero-order chi connectivity index (χ0) is 15.4. The predicted molar refractivity (Wildman–Crippen MR) is 82.0 cm³/mol. The molecule has 1 saturated heterocycles. The molecule has 2 amide bonds. The molecule has 1 aliphatic rings. The molecule has 1 fully saturated rings. The molecule has 1 aromatic rings. The largest absolute Gasteiger partial charge is 0.366 e. The van der Waals surface area contributed by atoms with Crippen LogP contribution < -0.4 is 21.9 Å². The molecule has 6 nitrogen and oxygen atoms in total. The van der Waals surface area contributed by atoms with Crippen LogP contribution in [0.4, 0.5) is 5.69 Å². The lowest BCUT2D eigenvalue weighted by molar-refractivity contribution is -0.117. The number of amides is 2. The fraction of sp³-hybridized carbons (Fsp3) is 0.429. The van der Waals surface area contributed by atoms with E-state index in [1.165, 1.54) is 12.1 Å². The Morgan fingerprint density at radius 3 is 2.86 bits per heavy atom. The van der Waals surface area contributed by atoms with Crippen LogP contribution in [0.5, 0.6) is 0 Å². The molecule has 21 heavy (non-hydrogen) atoms. The molecule has 0 bridgehead atoms. The van der Waals surface area contributed by atoms with Crippen molar-refractivity contribution in [2.24, 2.45) is 5.73 Å². The Labute approximate surface area is 128 Å². The number of anilines is 1. The molecule has 0 radical (unpaired) electrons. The third-order valence-electron chi connectivity index (χ3n) is 3.43. The molecule has 2 rings (SSSR count).